The van der Waals surface area contributed by atoms with Crippen molar-refractivity contribution in [2.45, 2.75) is 6.42 Å². The number of nitrogens with zero attached hydrogens (tertiary/aromatic N) is 2. The summed E-state index contributed by atoms with van der Waals surface area (Å²) in [6.45, 7) is 0.813. The molecule has 0 bridgehead atoms. The Kier molecular flexibility index (Phi) is 4.35. The third kappa shape index (κ3) is 2.89. The number of methoxy groups -OCH3 is 1. The number of rotatable bonds is 6. The van der Waals surface area contributed by atoms with Gasteiger partial charge in [0.2, 0.25) is 5.75 Å². The van der Waals surface area contributed by atoms with Crippen LogP contribution in [0.1, 0.15) is 5.56 Å². The molecule has 2 aromatic rings. The number of thiophene rings is 1. The lowest BCUT2D eigenvalue weighted by Gasteiger charge is -2.12. The monoisotopic (exact) mass is 264 g/mol. The summed E-state index contributed by atoms with van der Waals surface area (Å²) in [5.41, 5.74) is 1.33. The Bertz CT molecular complexity index is 487. The maximum Gasteiger partial charge on any atom is 0.204 e. The largest absolute Gasteiger partial charge is 0.490 e. The number of nitrogens with one attached hydrogen (secondary N) is 2. The molecule has 0 aliphatic rings. The van der Waals surface area contributed by atoms with Crippen LogP contribution in [0.5, 0.6) is 5.75 Å². The van der Waals surface area contributed by atoms with Crippen molar-refractivity contribution in [3.63, 3.8) is 0 Å². The third-order valence-electron chi connectivity index (χ3n) is 2.53. The summed E-state index contributed by atoms with van der Waals surface area (Å²) in [5.74, 6) is 2.04. The molecule has 0 radical (unpaired) electrons. The van der Waals surface area contributed by atoms with Gasteiger partial charge in [0.1, 0.15) is 6.33 Å². The minimum absolute atomic E-state index is 0.644. The number of hydrogen-bond donors (Lipinski definition) is 2. The van der Waals surface area contributed by atoms with Gasteiger partial charge in [0, 0.05) is 13.6 Å². The molecule has 5 nitrogen and oxygen atoms in total. The molecule has 6 heteroatoms. The van der Waals surface area contributed by atoms with E-state index in [1.54, 1.807) is 25.5 Å². The maximum absolute atomic E-state index is 5.31. The zero-order valence-corrected chi connectivity index (χ0v) is 11.3. The van der Waals surface area contributed by atoms with Crippen LogP contribution >= 0.6 is 11.3 Å². The highest BCUT2D eigenvalue weighted by molar-refractivity contribution is 7.07. The molecule has 2 rings (SSSR count). The highest BCUT2D eigenvalue weighted by Crippen LogP contribution is 2.28. The summed E-state index contributed by atoms with van der Waals surface area (Å²) < 4.78 is 5.31. The highest BCUT2D eigenvalue weighted by atomic mass is 32.1. The Hall–Kier alpha value is -1.82. The van der Waals surface area contributed by atoms with E-state index < -0.39 is 0 Å². The van der Waals surface area contributed by atoms with Crippen LogP contribution in [-0.2, 0) is 6.42 Å². The molecule has 0 atom stereocenters. The quantitative estimate of drug-likeness (QED) is 0.838. The zero-order chi connectivity index (χ0) is 12.8. The standard InChI is InChI=1S/C12H16N4OS/c1-13-11-10(17-2)12(16-8-15-11)14-5-3-9-4-6-18-7-9/h4,6-8H,3,5H2,1-2H3,(H2,13,14,15,16). The summed E-state index contributed by atoms with van der Waals surface area (Å²) in [5, 5.41) is 10.5. The Labute approximate surface area is 110 Å². The topological polar surface area (TPSA) is 59.1 Å². The van der Waals surface area contributed by atoms with Gasteiger partial charge in [-0.3, -0.25) is 0 Å². The molecule has 96 valence electrons. The molecule has 0 amide bonds. The van der Waals surface area contributed by atoms with Crippen molar-refractivity contribution in [2.24, 2.45) is 0 Å². The minimum atomic E-state index is 0.644. The van der Waals surface area contributed by atoms with E-state index >= 15 is 0 Å². The molecule has 18 heavy (non-hydrogen) atoms. The van der Waals surface area contributed by atoms with Crippen LogP contribution in [-0.4, -0.2) is 30.7 Å². The predicted molar refractivity (Wildman–Crippen MR) is 74.6 cm³/mol. The zero-order valence-electron chi connectivity index (χ0n) is 10.4. The number of anilines is 2. The van der Waals surface area contributed by atoms with Gasteiger partial charge in [0.25, 0.3) is 0 Å². The number of aromatic nitrogens is 2. The van der Waals surface area contributed by atoms with Gasteiger partial charge in [-0.05, 0) is 28.8 Å². The second kappa shape index (κ2) is 6.20. The summed E-state index contributed by atoms with van der Waals surface area (Å²) in [7, 11) is 3.42. The van der Waals surface area contributed by atoms with Crippen molar-refractivity contribution >= 4 is 23.0 Å². The van der Waals surface area contributed by atoms with Gasteiger partial charge in [-0.1, -0.05) is 0 Å². The van der Waals surface area contributed by atoms with E-state index in [1.807, 2.05) is 0 Å². The van der Waals surface area contributed by atoms with E-state index in [2.05, 4.69) is 37.4 Å². The summed E-state index contributed by atoms with van der Waals surface area (Å²) in [6, 6.07) is 2.13. The third-order valence-corrected chi connectivity index (χ3v) is 3.26. The van der Waals surface area contributed by atoms with Gasteiger partial charge in [0.15, 0.2) is 11.6 Å². The molecule has 0 spiro atoms. The van der Waals surface area contributed by atoms with Crippen molar-refractivity contribution in [1.82, 2.24) is 9.97 Å². The molecular weight excluding hydrogens is 248 g/mol. The second-order valence-corrected chi connectivity index (χ2v) is 4.44. The Morgan fingerprint density at radius 3 is 2.83 bits per heavy atom. The first-order valence-electron chi connectivity index (χ1n) is 5.67. The van der Waals surface area contributed by atoms with Crippen molar-refractivity contribution in [1.29, 1.82) is 0 Å². The van der Waals surface area contributed by atoms with Crippen LogP contribution in [0.15, 0.2) is 23.2 Å². The fraction of sp³-hybridized carbons (Fsp3) is 0.333. The second-order valence-electron chi connectivity index (χ2n) is 3.66. The van der Waals surface area contributed by atoms with Crippen LogP contribution < -0.4 is 15.4 Å². The number of hydrogen-bond acceptors (Lipinski definition) is 6. The molecule has 2 aromatic heterocycles. The molecule has 0 saturated carbocycles. The van der Waals surface area contributed by atoms with E-state index in [1.165, 1.54) is 11.9 Å². The molecule has 0 saturated heterocycles. The first kappa shape index (κ1) is 12.6. The van der Waals surface area contributed by atoms with Crippen molar-refractivity contribution in [2.75, 3.05) is 31.3 Å². The molecule has 0 aliphatic heterocycles. The van der Waals surface area contributed by atoms with E-state index in [9.17, 15) is 0 Å². The van der Waals surface area contributed by atoms with Crippen LogP contribution in [0.25, 0.3) is 0 Å². The lowest BCUT2D eigenvalue weighted by Crippen LogP contribution is -2.09. The average molecular weight is 264 g/mol. The summed E-state index contributed by atoms with van der Waals surface area (Å²) in [4.78, 5) is 8.29. The molecule has 0 aliphatic carbocycles. The molecule has 0 fully saturated rings. The Morgan fingerprint density at radius 2 is 2.17 bits per heavy atom. The van der Waals surface area contributed by atoms with Crippen molar-refractivity contribution in [3.8, 4) is 5.75 Å². The van der Waals surface area contributed by atoms with Crippen LogP contribution in [0.3, 0.4) is 0 Å². The van der Waals surface area contributed by atoms with Gasteiger partial charge in [-0.15, -0.1) is 0 Å². The molecular formula is C12H16N4OS. The fourth-order valence-electron chi connectivity index (χ4n) is 1.63. The van der Waals surface area contributed by atoms with E-state index in [4.69, 9.17) is 4.74 Å². The lowest BCUT2D eigenvalue weighted by atomic mass is 10.2. The van der Waals surface area contributed by atoms with Crippen LogP contribution in [0, 0.1) is 0 Å². The van der Waals surface area contributed by atoms with E-state index in [0.29, 0.717) is 17.4 Å². The lowest BCUT2D eigenvalue weighted by molar-refractivity contribution is 0.415. The Balaban J connectivity index is 2.00. The predicted octanol–water partition coefficient (Wildman–Crippen LogP) is 2.24. The average Bonchev–Trinajstić information content (AvgIpc) is 2.91. The van der Waals surface area contributed by atoms with Crippen molar-refractivity contribution in [3.05, 3.63) is 28.7 Å². The SMILES string of the molecule is CNc1ncnc(NCCc2ccsc2)c1OC. The van der Waals surface area contributed by atoms with Gasteiger partial charge in [-0.25, -0.2) is 9.97 Å². The van der Waals surface area contributed by atoms with Gasteiger partial charge in [-0.2, -0.15) is 11.3 Å². The molecule has 2 heterocycles. The maximum atomic E-state index is 5.31. The van der Waals surface area contributed by atoms with Crippen molar-refractivity contribution < 1.29 is 4.74 Å². The fourth-order valence-corrected chi connectivity index (χ4v) is 2.33. The van der Waals surface area contributed by atoms with Crippen LogP contribution in [0.2, 0.25) is 0 Å². The van der Waals surface area contributed by atoms with Gasteiger partial charge < -0.3 is 15.4 Å². The summed E-state index contributed by atoms with van der Waals surface area (Å²) >= 11 is 1.71. The first-order valence-corrected chi connectivity index (χ1v) is 6.61. The smallest absolute Gasteiger partial charge is 0.204 e. The van der Waals surface area contributed by atoms with Gasteiger partial charge >= 0.3 is 0 Å². The molecule has 0 aromatic carbocycles. The van der Waals surface area contributed by atoms with E-state index in [0.717, 1.165) is 13.0 Å². The van der Waals surface area contributed by atoms with Crippen LogP contribution in [0.4, 0.5) is 11.6 Å². The Morgan fingerprint density at radius 1 is 1.33 bits per heavy atom. The summed E-state index contributed by atoms with van der Waals surface area (Å²) in [6.07, 6.45) is 2.48. The first-order chi connectivity index (χ1) is 8.85. The van der Waals surface area contributed by atoms with Gasteiger partial charge in [0.05, 0.1) is 7.11 Å². The minimum Gasteiger partial charge on any atom is -0.490 e. The highest BCUT2D eigenvalue weighted by Gasteiger charge is 2.10. The normalized spacial score (nSPS) is 10.1. The molecule has 2 N–H and O–H groups in total. The number of ether oxygens (including phenoxy) is 1. The molecule has 0 unspecified atom stereocenters. The van der Waals surface area contributed by atoms with E-state index in [-0.39, 0.29) is 0 Å².